The summed E-state index contributed by atoms with van der Waals surface area (Å²) in [6, 6.07) is 1.84. The molecular formula is C13H17F3N2S. The maximum Gasteiger partial charge on any atom is 0.194 e. The number of halogens is 3. The van der Waals surface area contributed by atoms with Gasteiger partial charge in [0.2, 0.25) is 0 Å². The number of rotatable bonds is 3. The Labute approximate surface area is 115 Å². The molecule has 2 N–H and O–H groups in total. The summed E-state index contributed by atoms with van der Waals surface area (Å²) in [5.74, 6) is -1.68. The summed E-state index contributed by atoms with van der Waals surface area (Å²) in [6.45, 7) is 1.93. The van der Waals surface area contributed by atoms with Crippen molar-refractivity contribution in [2.75, 3.05) is 31.1 Å². The highest BCUT2D eigenvalue weighted by Crippen LogP contribution is 2.25. The molecule has 1 unspecified atom stereocenters. The second kappa shape index (κ2) is 6.63. The number of hydrogen-bond acceptors (Lipinski definition) is 3. The zero-order chi connectivity index (χ0) is 13.8. The number of nitrogens with zero attached hydrogens (tertiary/aromatic N) is 1. The van der Waals surface area contributed by atoms with Crippen molar-refractivity contribution in [2.45, 2.75) is 12.5 Å². The molecule has 0 radical (unpaired) electrons. The summed E-state index contributed by atoms with van der Waals surface area (Å²) >= 11 is 1.86. The van der Waals surface area contributed by atoms with E-state index in [1.165, 1.54) is 0 Å². The molecule has 1 aromatic rings. The van der Waals surface area contributed by atoms with Crippen molar-refractivity contribution >= 4 is 11.8 Å². The lowest BCUT2D eigenvalue weighted by Crippen LogP contribution is -2.35. The molecular weight excluding hydrogens is 273 g/mol. The van der Waals surface area contributed by atoms with E-state index in [0.29, 0.717) is 5.56 Å². The van der Waals surface area contributed by atoms with E-state index in [-0.39, 0.29) is 12.6 Å². The third-order valence-corrected chi connectivity index (χ3v) is 4.36. The van der Waals surface area contributed by atoms with Crippen LogP contribution in [0.3, 0.4) is 0 Å². The van der Waals surface area contributed by atoms with Crippen LogP contribution >= 0.6 is 11.8 Å². The Balaban J connectivity index is 2.25. The van der Waals surface area contributed by atoms with Crippen LogP contribution in [0, 0.1) is 17.5 Å². The van der Waals surface area contributed by atoms with Gasteiger partial charge in [-0.15, -0.1) is 0 Å². The number of hydrogen-bond donors (Lipinski definition) is 1. The maximum atomic E-state index is 13.3. The number of benzene rings is 1. The van der Waals surface area contributed by atoms with Gasteiger partial charge in [-0.2, -0.15) is 11.8 Å². The first-order valence-corrected chi connectivity index (χ1v) is 7.45. The molecule has 6 heteroatoms. The average molecular weight is 290 g/mol. The topological polar surface area (TPSA) is 29.3 Å². The lowest BCUT2D eigenvalue weighted by molar-refractivity contribution is 0.216. The first kappa shape index (κ1) is 14.7. The van der Waals surface area contributed by atoms with E-state index < -0.39 is 17.5 Å². The molecule has 19 heavy (non-hydrogen) atoms. The minimum absolute atomic E-state index is 0.259. The van der Waals surface area contributed by atoms with Gasteiger partial charge in [0, 0.05) is 24.9 Å². The lowest BCUT2D eigenvalue weighted by Gasteiger charge is -2.29. The first-order valence-electron chi connectivity index (χ1n) is 6.29. The summed E-state index contributed by atoms with van der Waals surface area (Å²) in [6.07, 6.45) is 1.02. The SMILES string of the molecule is NCC(c1cc(F)c(F)c(F)c1)N1CCCSCC1. The normalized spacial score (nSPS) is 19.2. The molecule has 0 saturated carbocycles. The molecule has 1 saturated heterocycles. The molecule has 1 aliphatic heterocycles. The molecule has 2 nitrogen and oxygen atoms in total. The van der Waals surface area contributed by atoms with Crippen molar-refractivity contribution in [2.24, 2.45) is 5.73 Å². The first-order chi connectivity index (χ1) is 9.13. The van der Waals surface area contributed by atoms with E-state index in [1.807, 2.05) is 11.8 Å². The van der Waals surface area contributed by atoms with Crippen molar-refractivity contribution in [3.8, 4) is 0 Å². The van der Waals surface area contributed by atoms with Gasteiger partial charge in [-0.1, -0.05) is 0 Å². The highest BCUT2D eigenvalue weighted by molar-refractivity contribution is 7.99. The standard InChI is InChI=1S/C13H17F3N2S/c14-10-6-9(7-11(15)13(10)16)12(8-17)18-2-1-4-19-5-3-18/h6-7,12H,1-5,8,17H2. The van der Waals surface area contributed by atoms with E-state index in [9.17, 15) is 13.2 Å². The molecule has 0 spiro atoms. The smallest absolute Gasteiger partial charge is 0.194 e. The molecule has 0 amide bonds. The van der Waals surface area contributed by atoms with Crippen LogP contribution in [0.1, 0.15) is 18.0 Å². The van der Waals surface area contributed by atoms with Crippen molar-refractivity contribution in [1.29, 1.82) is 0 Å². The number of thioether (sulfide) groups is 1. The predicted molar refractivity (Wildman–Crippen MR) is 71.6 cm³/mol. The van der Waals surface area contributed by atoms with Crippen LogP contribution < -0.4 is 5.73 Å². The third kappa shape index (κ3) is 3.43. The van der Waals surface area contributed by atoms with Crippen LogP contribution in [-0.4, -0.2) is 36.0 Å². The van der Waals surface area contributed by atoms with E-state index in [2.05, 4.69) is 4.90 Å². The van der Waals surface area contributed by atoms with Crippen molar-refractivity contribution in [3.63, 3.8) is 0 Å². The zero-order valence-corrected chi connectivity index (χ0v) is 11.4. The molecule has 106 valence electrons. The van der Waals surface area contributed by atoms with Gasteiger partial charge in [0.05, 0.1) is 0 Å². The van der Waals surface area contributed by atoms with Crippen LogP contribution in [-0.2, 0) is 0 Å². The zero-order valence-electron chi connectivity index (χ0n) is 10.5. The van der Waals surface area contributed by atoms with Crippen LogP contribution in [0.5, 0.6) is 0 Å². The van der Waals surface area contributed by atoms with Gasteiger partial charge in [-0.3, -0.25) is 4.90 Å². The molecule has 1 aromatic carbocycles. The molecule has 1 aliphatic rings. The predicted octanol–water partition coefficient (Wildman–Crippen LogP) is 2.54. The summed E-state index contributed by atoms with van der Waals surface area (Å²) in [5.41, 5.74) is 6.15. The Morgan fingerprint density at radius 1 is 1.16 bits per heavy atom. The van der Waals surface area contributed by atoms with Crippen molar-refractivity contribution < 1.29 is 13.2 Å². The fourth-order valence-electron chi connectivity index (χ4n) is 2.34. The van der Waals surface area contributed by atoms with Gasteiger partial charge in [0.1, 0.15) is 0 Å². The van der Waals surface area contributed by atoms with Crippen LogP contribution in [0.15, 0.2) is 12.1 Å². The maximum absolute atomic E-state index is 13.3. The fourth-order valence-corrected chi connectivity index (χ4v) is 3.24. The summed E-state index contributed by atoms with van der Waals surface area (Å²) in [5, 5.41) is 0. The molecule has 0 bridgehead atoms. The quantitative estimate of drug-likeness (QED) is 0.868. The van der Waals surface area contributed by atoms with Crippen molar-refractivity contribution in [1.82, 2.24) is 4.90 Å². The van der Waals surface area contributed by atoms with E-state index >= 15 is 0 Å². The van der Waals surface area contributed by atoms with E-state index in [0.717, 1.165) is 43.1 Å². The molecule has 1 atom stereocenters. The van der Waals surface area contributed by atoms with Gasteiger partial charge in [0.15, 0.2) is 17.5 Å². The largest absolute Gasteiger partial charge is 0.329 e. The lowest BCUT2D eigenvalue weighted by atomic mass is 10.0. The Kier molecular flexibility index (Phi) is 5.13. The number of nitrogens with two attached hydrogens (primary N) is 1. The average Bonchev–Trinajstić information content (AvgIpc) is 2.66. The molecule has 1 fully saturated rings. The molecule has 0 aliphatic carbocycles. The second-order valence-corrected chi connectivity index (χ2v) is 5.78. The van der Waals surface area contributed by atoms with E-state index in [1.54, 1.807) is 0 Å². The van der Waals surface area contributed by atoms with Crippen molar-refractivity contribution in [3.05, 3.63) is 35.1 Å². The highest BCUT2D eigenvalue weighted by Gasteiger charge is 2.23. The summed E-state index contributed by atoms with van der Waals surface area (Å²) < 4.78 is 39.6. The third-order valence-electron chi connectivity index (χ3n) is 3.31. The highest BCUT2D eigenvalue weighted by atomic mass is 32.2. The minimum atomic E-state index is -1.43. The summed E-state index contributed by atoms with van der Waals surface area (Å²) in [7, 11) is 0. The van der Waals surface area contributed by atoms with Crippen LogP contribution in [0.25, 0.3) is 0 Å². The molecule has 1 heterocycles. The fraction of sp³-hybridized carbons (Fsp3) is 0.538. The monoisotopic (exact) mass is 290 g/mol. The Morgan fingerprint density at radius 2 is 1.84 bits per heavy atom. The Bertz CT molecular complexity index is 411. The van der Waals surface area contributed by atoms with Gasteiger partial charge in [-0.05, 0) is 36.4 Å². The van der Waals surface area contributed by atoms with E-state index in [4.69, 9.17) is 5.73 Å². The second-order valence-electron chi connectivity index (χ2n) is 4.55. The van der Waals surface area contributed by atoms with Gasteiger partial charge in [-0.25, -0.2) is 13.2 Å². The van der Waals surface area contributed by atoms with Gasteiger partial charge in [0.25, 0.3) is 0 Å². The molecule has 0 aromatic heterocycles. The van der Waals surface area contributed by atoms with Gasteiger partial charge < -0.3 is 5.73 Å². The summed E-state index contributed by atoms with van der Waals surface area (Å²) in [4.78, 5) is 2.12. The van der Waals surface area contributed by atoms with Crippen LogP contribution in [0.2, 0.25) is 0 Å². The Morgan fingerprint density at radius 3 is 2.47 bits per heavy atom. The van der Waals surface area contributed by atoms with Gasteiger partial charge >= 0.3 is 0 Å². The van der Waals surface area contributed by atoms with Crippen LogP contribution in [0.4, 0.5) is 13.2 Å². The minimum Gasteiger partial charge on any atom is -0.329 e. The molecule has 2 rings (SSSR count). The Hall–Kier alpha value is -0.720.